The van der Waals surface area contributed by atoms with E-state index in [1.807, 2.05) is 55.2 Å². The van der Waals surface area contributed by atoms with Crippen molar-refractivity contribution in [1.82, 2.24) is 4.90 Å². The van der Waals surface area contributed by atoms with E-state index < -0.39 is 6.10 Å². The second-order valence-corrected chi connectivity index (χ2v) is 4.83. The van der Waals surface area contributed by atoms with Gasteiger partial charge in [0.2, 0.25) is 0 Å². The maximum atomic E-state index is 12.2. The Morgan fingerprint density at radius 1 is 1.32 bits per heavy atom. The van der Waals surface area contributed by atoms with Gasteiger partial charge in [-0.3, -0.25) is 4.79 Å². The molecular formula is C16H21NO2. The second kappa shape index (κ2) is 6.41. The van der Waals surface area contributed by atoms with E-state index >= 15 is 0 Å². The molecule has 0 spiro atoms. The van der Waals surface area contributed by atoms with Crippen LogP contribution in [0.2, 0.25) is 0 Å². The number of para-hydroxylation sites is 1. The Balaban J connectivity index is 2.05. The predicted octanol–water partition coefficient (Wildman–Crippen LogP) is 3.11. The Hall–Kier alpha value is -1.77. The van der Waals surface area contributed by atoms with E-state index in [1.165, 1.54) is 0 Å². The number of carbonyl (C=O) groups excluding carboxylic acids is 1. The standard InChI is InChI=1S/C16H21NO2/c1-3-8-14-9-4-5-10-15(14)19-13(2)16(18)17-11-6-7-12-17/h3-5,8-10,13H,6-7,11-12H2,1-2H3. The van der Waals surface area contributed by atoms with Crippen LogP contribution in [0.4, 0.5) is 0 Å². The number of ether oxygens (including phenoxy) is 1. The molecule has 1 saturated heterocycles. The van der Waals surface area contributed by atoms with Crippen molar-refractivity contribution in [3.63, 3.8) is 0 Å². The molecule has 1 heterocycles. The van der Waals surface area contributed by atoms with Gasteiger partial charge in [-0.05, 0) is 32.8 Å². The third kappa shape index (κ3) is 3.37. The van der Waals surface area contributed by atoms with E-state index in [2.05, 4.69) is 0 Å². The van der Waals surface area contributed by atoms with Gasteiger partial charge in [0.05, 0.1) is 0 Å². The summed E-state index contributed by atoms with van der Waals surface area (Å²) in [5, 5.41) is 0. The molecule has 1 amide bonds. The summed E-state index contributed by atoms with van der Waals surface area (Å²) in [6.07, 6.45) is 5.74. The topological polar surface area (TPSA) is 29.5 Å². The summed E-state index contributed by atoms with van der Waals surface area (Å²) in [5.41, 5.74) is 1.01. The van der Waals surface area contributed by atoms with Crippen molar-refractivity contribution in [2.45, 2.75) is 32.8 Å². The van der Waals surface area contributed by atoms with E-state index in [4.69, 9.17) is 4.74 Å². The van der Waals surface area contributed by atoms with Gasteiger partial charge < -0.3 is 9.64 Å². The van der Waals surface area contributed by atoms with Gasteiger partial charge in [-0.2, -0.15) is 0 Å². The number of nitrogens with zero attached hydrogens (tertiary/aromatic N) is 1. The molecule has 2 rings (SSSR count). The van der Waals surface area contributed by atoms with Gasteiger partial charge in [0, 0.05) is 18.7 Å². The van der Waals surface area contributed by atoms with Crippen LogP contribution in [-0.4, -0.2) is 30.0 Å². The molecule has 1 atom stereocenters. The average molecular weight is 259 g/mol. The highest BCUT2D eigenvalue weighted by atomic mass is 16.5. The van der Waals surface area contributed by atoms with Crippen LogP contribution in [-0.2, 0) is 4.79 Å². The van der Waals surface area contributed by atoms with Crippen LogP contribution in [0.3, 0.4) is 0 Å². The van der Waals surface area contributed by atoms with Crippen LogP contribution in [0.15, 0.2) is 30.3 Å². The molecule has 1 unspecified atom stereocenters. The Bertz CT molecular complexity index is 462. The van der Waals surface area contributed by atoms with Crippen molar-refractivity contribution in [1.29, 1.82) is 0 Å². The van der Waals surface area contributed by atoms with Crippen molar-refractivity contribution < 1.29 is 9.53 Å². The van der Waals surface area contributed by atoms with E-state index in [9.17, 15) is 4.79 Å². The number of rotatable bonds is 4. The molecule has 0 bridgehead atoms. The van der Waals surface area contributed by atoms with Gasteiger partial charge in [0.15, 0.2) is 6.10 Å². The average Bonchev–Trinajstić information content (AvgIpc) is 2.94. The first-order valence-corrected chi connectivity index (χ1v) is 6.89. The largest absolute Gasteiger partial charge is 0.480 e. The summed E-state index contributed by atoms with van der Waals surface area (Å²) in [6, 6.07) is 7.79. The molecule has 0 aromatic heterocycles. The Morgan fingerprint density at radius 2 is 2.00 bits per heavy atom. The highest BCUT2D eigenvalue weighted by Gasteiger charge is 2.24. The molecule has 0 radical (unpaired) electrons. The summed E-state index contributed by atoms with van der Waals surface area (Å²) in [4.78, 5) is 14.1. The van der Waals surface area contributed by atoms with Gasteiger partial charge in [-0.1, -0.05) is 30.4 Å². The molecule has 102 valence electrons. The molecule has 0 saturated carbocycles. The molecule has 1 aromatic rings. The third-order valence-electron chi connectivity index (χ3n) is 3.33. The molecule has 0 aliphatic carbocycles. The second-order valence-electron chi connectivity index (χ2n) is 4.83. The minimum Gasteiger partial charge on any atom is -0.480 e. The summed E-state index contributed by atoms with van der Waals surface area (Å²) in [5.74, 6) is 0.855. The monoisotopic (exact) mass is 259 g/mol. The lowest BCUT2D eigenvalue weighted by molar-refractivity contribution is -0.136. The van der Waals surface area contributed by atoms with Crippen LogP contribution in [0, 0.1) is 0 Å². The van der Waals surface area contributed by atoms with Crippen molar-refractivity contribution in [2.24, 2.45) is 0 Å². The number of hydrogen-bond acceptors (Lipinski definition) is 2. The summed E-state index contributed by atoms with van der Waals surface area (Å²) < 4.78 is 5.83. The lowest BCUT2D eigenvalue weighted by atomic mass is 10.2. The van der Waals surface area contributed by atoms with E-state index in [1.54, 1.807) is 0 Å². The highest BCUT2D eigenvalue weighted by Crippen LogP contribution is 2.21. The fourth-order valence-electron chi connectivity index (χ4n) is 2.34. The van der Waals surface area contributed by atoms with Crippen LogP contribution in [0.25, 0.3) is 6.08 Å². The number of benzene rings is 1. The summed E-state index contributed by atoms with van der Waals surface area (Å²) in [6.45, 7) is 5.52. The van der Waals surface area contributed by atoms with Crippen LogP contribution < -0.4 is 4.74 Å². The zero-order valence-electron chi connectivity index (χ0n) is 11.6. The quantitative estimate of drug-likeness (QED) is 0.831. The van der Waals surface area contributed by atoms with Crippen molar-refractivity contribution in [3.8, 4) is 5.75 Å². The number of hydrogen-bond donors (Lipinski definition) is 0. The maximum absolute atomic E-state index is 12.2. The normalized spacial score (nSPS) is 16.8. The van der Waals surface area contributed by atoms with Crippen LogP contribution in [0.5, 0.6) is 5.75 Å². The molecule has 1 aliphatic rings. The van der Waals surface area contributed by atoms with Gasteiger partial charge in [-0.25, -0.2) is 0 Å². The molecule has 1 aliphatic heterocycles. The minimum absolute atomic E-state index is 0.0905. The predicted molar refractivity (Wildman–Crippen MR) is 77.1 cm³/mol. The molecule has 0 N–H and O–H groups in total. The first kappa shape index (κ1) is 13.7. The molecule has 19 heavy (non-hydrogen) atoms. The van der Waals surface area contributed by atoms with E-state index in [-0.39, 0.29) is 5.91 Å². The molecule has 3 nitrogen and oxygen atoms in total. The van der Waals surface area contributed by atoms with Crippen LogP contribution >= 0.6 is 0 Å². The Labute approximate surface area is 114 Å². The SMILES string of the molecule is CC=Cc1ccccc1OC(C)C(=O)N1CCCC1. The minimum atomic E-state index is -0.426. The molecule has 1 fully saturated rings. The van der Waals surface area contributed by atoms with Gasteiger partial charge >= 0.3 is 0 Å². The third-order valence-corrected chi connectivity index (χ3v) is 3.33. The summed E-state index contributed by atoms with van der Waals surface area (Å²) in [7, 11) is 0. The van der Waals surface area contributed by atoms with Crippen molar-refractivity contribution in [3.05, 3.63) is 35.9 Å². The maximum Gasteiger partial charge on any atom is 0.263 e. The fourth-order valence-corrected chi connectivity index (χ4v) is 2.34. The molecule has 3 heteroatoms. The van der Waals surface area contributed by atoms with Crippen LogP contribution in [0.1, 0.15) is 32.3 Å². The lowest BCUT2D eigenvalue weighted by Gasteiger charge is -2.21. The van der Waals surface area contributed by atoms with Gasteiger partial charge in [-0.15, -0.1) is 0 Å². The number of carbonyl (C=O) groups is 1. The van der Waals surface area contributed by atoms with E-state index in [0.29, 0.717) is 0 Å². The number of amides is 1. The first-order chi connectivity index (χ1) is 9.22. The fraction of sp³-hybridized carbons (Fsp3) is 0.438. The van der Waals surface area contributed by atoms with Crippen molar-refractivity contribution in [2.75, 3.05) is 13.1 Å². The van der Waals surface area contributed by atoms with Crippen molar-refractivity contribution >= 4 is 12.0 Å². The van der Waals surface area contributed by atoms with E-state index in [0.717, 1.165) is 37.2 Å². The highest BCUT2D eigenvalue weighted by molar-refractivity contribution is 5.81. The zero-order chi connectivity index (χ0) is 13.7. The molecular weight excluding hydrogens is 238 g/mol. The number of allylic oxidation sites excluding steroid dienone is 1. The Morgan fingerprint density at radius 3 is 2.68 bits per heavy atom. The Kier molecular flexibility index (Phi) is 4.61. The smallest absolute Gasteiger partial charge is 0.263 e. The first-order valence-electron chi connectivity index (χ1n) is 6.89. The summed E-state index contributed by atoms with van der Waals surface area (Å²) >= 11 is 0. The van der Waals surface area contributed by atoms with Gasteiger partial charge in [0.25, 0.3) is 5.91 Å². The lowest BCUT2D eigenvalue weighted by Crippen LogP contribution is -2.38. The zero-order valence-corrected chi connectivity index (χ0v) is 11.6. The molecule has 1 aromatic carbocycles. The number of likely N-dealkylation sites (tertiary alicyclic amines) is 1. The van der Waals surface area contributed by atoms with Gasteiger partial charge in [0.1, 0.15) is 5.75 Å².